The molecule has 5 rings (SSSR count). The van der Waals surface area contributed by atoms with Crippen LogP contribution in [-0.4, -0.2) is 116 Å². The van der Waals surface area contributed by atoms with Crippen LogP contribution >= 0.6 is 35.3 Å². The summed E-state index contributed by atoms with van der Waals surface area (Å²) in [4.78, 5) is 90.6. The van der Waals surface area contributed by atoms with Gasteiger partial charge in [0.05, 0.1) is 16.6 Å². The number of aliphatic hydroxyl groups is 1. The Labute approximate surface area is 352 Å². The first-order chi connectivity index (χ1) is 28.2. The highest BCUT2D eigenvalue weighted by atomic mass is 32.2. The summed E-state index contributed by atoms with van der Waals surface area (Å²) in [5, 5.41) is 8.02. The van der Waals surface area contributed by atoms with Gasteiger partial charge in [0.2, 0.25) is 15.3 Å². The maximum Gasteiger partial charge on any atom is 0.303 e. The highest BCUT2D eigenvalue weighted by molar-refractivity contribution is 8.18. The largest absolute Gasteiger partial charge is 0.463 e. The third-order valence-corrected chi connectivity index (χ3v) is 12.4. The maximum absolute atomic E-state index is 14.0. The van der Waals surface area contributed by atoms with E-state index in [9.17, 15) is 38.7 Å². The van der Waals surface area contributed by atoms with E-state index in [0.29, 0.717) is 22.9 Å². The van der Waals surface area contributed by atoms with Crippen molar-refractivity contribution in [2.75, 3.05) is 12.4 Å². The average Bonchev–Trinajstić information content (AvgIpc) is 3.21. The van der Waals surface area contributed by atoms with E-state index in [4.69, 9.17) is 33.2 Å². The summed E-state index contributed by atoms with van der Waals surface area (Å²) < 4.78 is 41.1. The number of hydrogen-bond acceptors (Lipinski definition) is 18. The normalized spacial score (nSPS) is 26.5. The van der Waals surface area contributed by atoms with Gasteiger partial charge >= 0.3 is 23.9 Å². The van der Waals surface area contributed by atoms with Gasteiger partial charge < -0.3 is 38.3 Å². The lowest BCUT2D eigenvalue weighted by Crippen LogP contribution is -2.65. The Hall–Kier alpha value is -4.56. The van der Waals surface area contributed by atoms with Gasteiger partial charge in [-0.05, 0) is 0 Å². The minimum atomic E-state index is -1.73. The standard InChI is InChI=1S/C41H42O15S3/c1-22(42)50-20-29-31(51-23(2)43)33(52-24(3)44)34(53-25(4)45)41(55-29)56-32-30(21-57-38(47)26-14-8-5-9-15-26)54-37(46)36(59-40(49)28-18-12-7-13-19-28)35(32)58-39(48)27-16-10-6-11-17-27/h5-19,29-37,41,46H,20-21H2,1-4H3/t29-,30-,31+,32+,33+,34-,35-,36+,37+,41+/m1/s1. The first kappa shape index (κ1) is 45.5. The molecule has 314 valence electrons. The highest BCUT2D eigenvalue weighted by Gasteiger charge is 2.56. The van der Waals surface area contributed by atoms with Gasteiger partial charge in [-0.15, -0.1) is 0 Å². The van der Waals surface area contributed by atoms with Gasteiger partial charge in [-0.25, -0.2) is 0 Å². The Balaban J connectivity index is 1.61. The number of ether oxygens (including phenoxy) is 7. The minimum absolute atomic E-state index is 0.165. The molecule has 15 nitrogen and oxygen atoms in total. The average molecular weight is 871 g/mol. The number of aliphatic hydroxyl groups excluding tert-OH is 1. The lowest BCUT2D eigenvalue weighted by atomic mass is 9.97. The molecule has 0 aliphatic carbocycles. The molecule has 0 bridgehead atoms. The van der Waals surface area contributed by atoms with E-state index in [1.807, 2.05) is 0 Å². The molecule has 0 spiro atoms. The lowest BCUT2D eigenvalue weighted by Gasteiger charge is -2.48. The van der Waals surface area contributed by atoms with E-state index >= 15 is 0 Å². The first-order valence-electron chi connectivity index (χ1n) is 18.3. The van der Waals surface area contributed by atoms with Crippen LogP contribution in [0.4, 0.5) is 0 Å². The Morgan fingerprint density at radius 3 is 1.49 bits per heavy atom. The van der Waals surface area contributed by atoms with Crippen molar-refractivity contribution in [3.63, 3.8) is 0 Å². The van der Waals surface area contributed by atoms with E-state index in [-0.39, 0.29) is 16.4 Å². The van der Waals surface area contributed by atoms with Gasteiger partial charge in [0, 0.05) is 50.1 Å². The molecular weight excluding hydrogens is 829 g/mol. The second kappa shape index (κ2) is 21.6. The van der Waals surface area contributed by atoms with Gasteiger partial charge in [0.15, 0.2) is 30.9 Å². The Morgan fingerprint density at radius 2 is 1.00 bits per heavy atom. The molecule has 2 aliphatic heterocycles. The molecule has 0 unspecified atom stereocenters. The number of carbonyl (C=O) groups is 7. The van der Waals surface area contributed by atoms with Crippen LogP contribution in [0, 0.1) is 0 Å². The van der Waals surface area contributed by atoms with Crippen LogP contribution in [0.15, 0.2) is 91.0 Å². The fraction of sp³-hybridized carbons (Fsp3) is 0.390. The van der Waals surface area contributed by atoms with E-state index in [0.717, 1.165) is 51.2 Å². The summed E-state index contributed by atoms with van der Waals surface area (Å²) in [5.74, 6) is -3.48. The van der Waals surface area contributed by atoms with Crippen molar-refractivity contribution >= 4 is 74.5 Å². The molecule has 2 heterocycles. The van der Waals surface area contributed by atoms with Crippen LogP contribution in [0.2, 0.25) is 0 Å². The monoisotopic (exact) mass is 870 g/mol. The van der Waals surface area contributed by atoms with Crippen LogP contribution in [0.1, 0.15) is 58.8 Å². The number of esters is 4. The fourth-order valence-electron chi connectivity index (χ4n) is 6.25. The summed E-state index contributed by atoms with van der Waals surface area (Å²) in [5.41, 5.74) is 0.955. The summed E-state index contributed by atoms with van der Waals surface area (Å²) in [6.45, 7) is 3.81. The van der Waals surface area contributed by atoms with E-state index in [1.165, 1.54) is 0 Å². The van der Waals surface area contributed by atoms with Gasteiger partial charge in [-0.1, -0.05) is 126 Å². The number of rotatable bonds is 14. The quantitative estimate of drug-likeness (QED) is 0.173. The van der Waals surface area contributed by atoms with Crippen LogP contribution < -0.4 is 0 Å². The van der Waals surface area contributed by atoms with Crippen LogP contribution in [0.3, 0.4) is 0 Å². The molecule has 2 saturated heterocycles. The predicted molar refractivity (Wildman–Crippen MR) is 215 cm³/mol. The third-order valence-electron chi connectivity index (χ3n) is 8.74. The van der Waals surface area contributed by atoms with Crippen molar-refractivity contribution in [2.45, 2.75) is 87.4 Å². The van der Waals surface area contributed by atoms with Gasteiger partial charge in [-0.2, -0.15) is 0 Å². The lowest BCUT2D eigenvalue weighted by molar-refractivity contribution is -0.329. The number of carbonyl (C=O) groups excluding carboxylic acids is 7. The van der Waals surface area contributed by atoms with Gasteiger partial charge in [0.1, 0.15) is 18.8 Å². The fourth-order valence-corrected chi connectivity index (χ4v) is 9.62. The van der Waals surface area contributed by atoms with Crippen molar-refractivity contribution in [2.24, 2.45) is 0 Å². The zero-order valence-corrected chi connectivity index (χ0v) is 34.7. The molecule has 0 amide bonds. The first-order valence-corrected chi connectivity index (χ1v) is 21.0. The van der Waals surface area contributed by atoms with Crippen LogP contribution in [0.25, 0.3) is 0 Å². The van der Waals surface area contributed by atoms with Crippen molar-refractivity contribution in [3.8, 4) is 0 Å². The Morgan fingerprint density at radius 1 is 0.542 bits per heavy atom. The van der Waals surface area contributed by atoms with Gasteiger partial charge in [0.25, 0.3) is 0 Å². The molecule has 0 radical (unpaired) electrons. The third kappa shape index (κ3) is 12.7. The maximum atomic E-state index is 14.0. The highest BCUT2D eigenvalue weighted by Crippen LogP contribution is 2.43. The molecule has 3 aromatic carbocycles. The van der Waals surface area contributed by atoms with E-state index in [2.05, 4.69) is 0 Å². The van der Waals surface area contributed by atoms with Crippen molar-refractivity contribution < 1.29 is 71.8 Å². The summed E-state index contributed by atoms with van der Waals surface area (Å²) in [6, 6.07) is 24.8. The second-order valence-electron chi connectivity index (χ2n) is 13.2. The Bertz CT molecular complexity index is 1950. The topological polar surface area (TPSA) is 204 Å². The molecule has 1 N–H and O–H groups in total. The number of benzene rings is 3. The SMILES string of the molecule is CC(=O)OC[C@H]1O[C@@H](O[C@@H]2[C@@H](SC(=O)c3ccccc3)[C@H](SC(=O)c3ccccc3)[C@@H](O)O[C@@H]2CSC(=O)c2ccccc2)[C@H](OC(C)=O)[C@@H](OC(C)=O)[C@H]1OC(C)=O. The van der Waals surface area contributed by atoms with E-state index < -0.39 is 100 Å². The molecule has 18 heteroatoms. The summed E-state index contributed by atoms with van der Waals surface area (Å²) in [7, 11) is 0. The smallest absolute Gasteiger partial charge is 0.303 e. The van der Waals surface area contributed by atoms with Gasteiger partial charge in [-0.3, -0.25) is 33.6 Å². The minimum Gasteiger partial charge on any atom is -0.463 e. The predicted octanol–water partition coefficient (Wildman–Crippen LogP) is 4.63. The molecule has 10 atom stereocenters. The number of hydrogen-bond donors (Lipinski definition) is 1. The molecule has 0 aromatic heterocycles. The molecule has 2 aliphatic rings. The molecular formula is C41H42O15S3. The Kier molecular flexibility index (Phi) is 16.7. The van der Waals surface area contributed by atoms with Crippen molar-refractivity contribution in [1.29, 1.82) is 0 Å². The van der Waals surface area contributed by atoms with Crippen molar-refractivity contribution in [3.05, 3.63) is 108 Å². The molecule has 59 heavy (non-hydrogen) atoms. The molecule has 3 aromatic rings. The van der Waals surface area contributed by atoms with Crippen LogP contribution in [-0.2, 0) is 52.3 Å². The second-order valence-corrected chi connectivity index (χ2v) is 16.5. The summed E-state index contributed by atoms with van der Waals surface area (Å²) >= 11 is 2.29. The molecule has 2 fully saturated rings. The van der Waals surface area contributed by atoms with E-state index in [1.54, 1.807) is 91.0 Å². The zero-order valence-electron chi connectivity index (χ0n) is 32.2. The molecule has 0 saturated carbocycles. The zero-order chi connectivity index (χ0) is 42.6. The van der Waals surface area contributed by atoms with Crippen LogP contribution in [0.5, 0.6) is 0 Å². The summed E-state index contributed by atoms with van der Waals surface area (Å²) in [6.07, 6.45) is -12.1. The number of thioether (sulfide) groups is 3. The van der Waals surface area contributed by atoms with Crippen molar-refractivity contribution in [1.82, 2.24) is 0 Å².